The summed E-state index contributed by atoms with van der Waals surface area (Å²) >= 11 is 0. The third-order valence-electron chi connectivity index (χ3n) is 2.59. The van der Waals surface area contributed by atoms with Gasteiger partial charge < -0.3 is 10.1 Å². The molecule has 0 aliphatic carbocycles. The number of nitrogens with zero attached hydrogens (tertiary/aromatic N) is 1. The summed E-state index contributed by atoms with van der Waals surface area (Å²) in [4.78, 5) is 13.2. The summed E-state index contributed by atoms with van der Waals surface area (Å²) in [6.07, 6.45) is 0. The summed E-state index contributed by atoms with van der Waals surface area (Å²) in [5.74, 6) is 1.40. The van der Waals surface area contributed by atoms with E-state index >= 15 is 0 Å². The van der Waals surface area contributed by atoms with Gasteiger partial charge in [0.25, 0.3) is 0 Å². The molecule has 0 heterocycles. The van der Waals surface area contributed by atoms with Gasteiger partial charge in [-0.15, -0.1) is 0 Å². The molecule has 0 saturated carbocycles. The van der Waals surface area contributed by atoms with E-state index in [1.54, 1.807) is 12.0 Å². The van der Waals surface area contributed by atoms with E-state index in [1.807, 2.05) is 31.2 Å². The average Bonchev–Trinajstić information content (AvgIpc) is 2.36. The molecular formula is C14H20N2O2. The van der Waals surface area contributed by atoms with Crippen LogP contribution in [0, 0.1) is 0 Å². The number of carbonyl (C=O) groups is 1. The molecule has 18 heavy (non-hydrogen) atoms. The van der Waals surface area contributed by atoms with Crippen LogP contribution in [0.5, 0.6) is 5.75 Å². The van der Waals surface area contributed by atoms with Crippen molar-refractivity contribution >= 4 is 5.91 Å². The maximum atomic E-state index is 11.6. The van der Waals surface area contributed by atoms with Crippen molar-refractivity contribution in [2.75, 3.05) is 13.7 Å². The summed E-state index contributed by atoms with van der Waals surface area (Å²) in [5, 5.41) is 3.06. The van der Waals surface area contributed by atoms with Crippen molar-refractivity contribution in [3.63, 3.8) is 0 Å². The van der Waals surface area contributed by atoms with Crippen LogP contribution in [0.2, 0.25) is 0 Å². The predicted octanol–water partition coefficient (Wildman–Crippen LogP) is 2.12. The van der Waals surface area contributed by atoms with Gasteiger partial charge in [0.1, 0.15) is 11.6 Å². The van der Waals surface area contributed by atoms with Crippen LogP contribution in [0.15, 0.2) is 36.7 Å². The second-order valence-corrected chi connectivity index (χ2v) is 3.93. The van der Waals surface area contributed by atoms with Crippen molar-refractivity contribution in [1.82, 2.24) is 10.2 Å². The Balaban J connectivity index is 2.76. The number of amides is 1. The lowest BCUT2D eigenvalue weighted by molar-refractivity contribution is -0.127. The fourth-order valence-corrected chi connectivity index (χ4v) is 1.61. The molecule has 0 fully saturated rings. The van der Waals surface area contributed by atoms with E-state index in [9.17, 15) is 4.79 Å². The average molecular weight is 248 g/mol. The first kappa shape index (κ1) is 14.1. The number of nitrogens with one attached hydrogen (secondary N) is 1. The second-order valence-electron chi connectivity index (χ2n) is 3.93. The minimum atomic E-state index is -0.0308. The number of hydrogen-bond acceptors (Lipinski definition) is 3. The Bertz CT molecular complexity index is 412. The largest absolute Gasteiger partial charge is 0.497 e. The Morgan fingerprint density at radius 3 is 2.44 bits per heavy atom. The quantitative estimate of drug-likeness (QED) is 0.838. The van der Waals surface area contributed by atoms with Crippen LogP contribution < -0.4 is 10.1 Å². The second kappa shape index (κ2) is 6.69. The lowest BCUT2D eigenvalue weighted by Gasteiger charge is -2.24. The first-order chi connectivity index (χ1) is 8.58. The van der Waals surface area contributed by atoms with E-state index < -0.39 is 0 Å². The highest BCUT2D eigenvalue weighted by molar-refractivity contribution is 5.75. The van der Waals surface area contributed by atoms with Crippen LogP contribution in [-0.2, 0) is 11.3 Å². The Hall–Kier alpha value is -1.97. The van der Waals surface area contributed by atoms with Crippen LogP contribution >= 0.6 is 0 Å². The first-order valence-corrected chi connectivity index (χ1v) is 5.92. The highest BCUT2D eigenvalue weighted by Crippen LogP contribution is 2.14. The lowest BCUT2D eigenvalue weighted by Crippen LogP contribution is -2.34. The molecule has 1 aromatic carbocycles. The molecule has 1 N–H and O–H groups in total. The van der Waals surface area contributed by atoms with E-state index in [0.29, 0.717) is 12.4 Å². The van der Waals surface area contributed by atoms with Crippen LogP contribution in [0.4, 0.5) is 0 Å². The zero-order valence-electron chi connectivity index (χ0n) is 11.2. The van der Waals surface area contributed by atoms with Crippen molar-refractivity contribution < 1.29 is 9.53 Å². The number of methoxy groups -OCH3 is 1. The molecule has 0 saturated heterocycles. The van der Waals surface area contributed by atoms with E-state index in [4.69, 9.17) is 4.74 Å². The first-order valence-electron chi connectivity index (χ1n) is 5.92. The summed E-state index contributed by atoms with van der Waals surface area (Å²) in [5.41, 5.74) is 1.03. The minimum Gasteiger partial charge on any atom is -0.497 e. The van der Waals surface area contributed by atoms with E-state index in [0.717, 1.165) is 17.9 Å². The van der Waals surface area contributed by atoms with Gasteiger partial charge in [-0.3, -0.25) is 9.69 Å². The zero-order chi connectivity index (χ0) is 13.5. The van der Waals surface area contributed by atoms with Gasteiger partial charge >= 0.3 is 0 Å². The standard InChI is InChI=1S/C14H20N2O2/c1-5-15-11(2)16(12(3)17)10-13-6-8-14(18-4)9-7-13/h6-9,15H,2,5,10H2,1,3-4H3. The molecule has 0 aliphatic heterocycles. The van der Waals surface area contributed by atoms with Crippen LogP contribution in [0.1, 0.15) is 19.4 Å². The van der Waals surface area contributed by atoms with Gasteiger partial charge in [-0.1, -0.05) is 18.7 Å². The molecule has 1 amide bonds. The maximum Gasteiger partial charge on any atom is 0.225 e. The number of benzene rings is 1. The van der Waals surface area contributed by atoms with E-state index in [1.165, 1.54) is 6.92 Å². The fraction of sp³-hybridized carbons (Fsp3) is 0.357. The van der Waals surface area contributed by atoms with Crippen molar-refractivity contribution in [1.29, 1.82) is 0 Å². The molecule has 98 valence electrons. The molecule has 1 aromatic rings. The minimum absolute atomic E-state index is 0.0308. The predicted molar refractivity (Wildman–Crippen MR) is 72.0 cm³/mol. The van der Waals surface area contributed by atoms with Crippen molar-refractivity contribution in [3.8, 4) is 5.75 Å². The fourth-order valence-electron chi connectivity index (χ4n) is 1.61. The topological polar surface area (TPSA) is 41.6 Å². The van der Waals surface area contributed by atoms with Gasteiger partial charge in [-0.2, -0.15) is 0 Å². The molecular weight excluding hydrogens is 228 g/mol. The number of rotatable bonds is 6. The molecule has 0 spiro atoms. The Morgan fingerprint density at radius 2 is 2.00 bits per heavy atom. The van der Waals surface area contributed by atoms with Crippen LogP contribution in [0.25, 0.3) is 0 Å². The van der Waals surface area contributed by atoms with Crippen molar-refractivity contribution in [3.05, 3.63) is 42.2 Å². The lowest BCUT2D eigenvalue weighted by atomic mass is 10.2. The van der Waals surface area contributed by atoms with Crippen molar-refractivity contribution in [2.24, 2.45) is 0 Å². The maximum absolute atomic E-state index is 11.6. The summed E-state index contributed by atoms with van der Waals surface area (Å²) in [7, 11) is 1.63. The molecule has 4 nitrogen and oxygen atoms in total. The molecule has 0 aromatic heterocycles. The number of hydrogen-bond donors (Lipinski definition) is 1. The van der Waals surface area contributed by atoms with E-state index in [-0.39, 0.29) is 5.91 Å². The van der Waals surface area contributed by atoms with Gasteiger partial charge in [0.05, 0.1) is 13.7 Å². The smallest absolute Gasteiger partial charge is 0.225 e. The molecule has 0 bridgehead atoms. The van der Waals surface area contributed by atoms with Gasteiger partial charge in [0.15, 0.2) is 0 Å². The molecule has 0 unspecified atom stereocenters. The molecule has 1 rings (SSSR count). The highest BCUT2D eigenvalue weighted by Gasteiger charge is 2.12. The van der Waals surface area contributed by atoms with Gasteiger partial charge in [0, 0.05) is 13.5 Å². The van der Waals surface area contributed by atoms with Gasteiger partial charge in [-0.05, 0) is 24.6 Å². The highest BCUT2D eigenvalue weighted by atomic mass is 16.5. The molecule has 0 aliphatic rings. The Labute approximate surface area is 108 Å². The third-order valence-corrected chi connectivity index (χ3v) is 2.59. The molecule has 4 heteroatoms. The van der Waals surface area contributed by atoms with Gasteiger partial charge in [0.2, 0.25) is 5.91 Å². The Kier molecular flexibility index (Phi) is 5.24. The number of carbonyl (C=O) groups excluding carboxylic acids is 1. The normalized spacial score (nSPS) is 9.72. The summed E-state index contributed by atoms with van der Waals surface area (Å²) in [6, 6.07) is 7.63. The van der Waals surface area contributed by atoms with Crippen LogP contribution in [-0.4, -0.2) is 24.5 Å². The Morgan fingerprint density at radius 1 is 1.39 bits per heavy atom. The number of ether oxygens (including phenoxy) is 1. The molecule has 0 atom stereocenters. The third kappa shape index (κ3) is 3.80. The van der Waals surface area contributed by atoms with Crippen molar-refractivity contribution in [2.45, 2.75) is 20.4 Å². The summed E-state index contributed by atoms with van der Waals surface area (Å²) < 4.78 is 5.10. The van der Waals surface area contributed by atoms with E-state index in [2.05, 4.69) is 11.9 Å². The summed E-state index contributed by atoms with van der Waals surface area (Å²) in [6.45, 7) is 8.61. The SMILES string of the molecule is C=C(NCC)N(Cc1ccc(OC)cc1)C(C)=O. The molecule has 0 radical (unpaired) electrons. The zero-order valence-corrected chi connectivity index (χ0v) is 11.2. The van der Waals surface area contributed by atoms with Gasteiger partial charge in [-0.25, -0.2) is 0 Å². The monoisotopic (exact) mass is 248 g/mol. The van der Waals surface area contributed by atoms with Crippen LogP contribution in [0.3, 0.4) is 0 Å².